The van der Waals surface area contributed by atoms with Gasteiger partial charge < -0.3 is 15.0 Å². The van der Waals surface area contributed by atoms with Crippen LogP contribution in [0.2, 0.25) is 0 Å². The Balaban J connectivity index is 1.57. The maximum atomic E-state index is 12.3. The molecule has 139 valence electrons. The van der Waals surface area contributed by atoms with E-state index in [-0.39, 0.29) is 18.6 Å². The highest BCUT2D eigenvalue weighted by molar-refractivity contribution is 5.78. The molecule has 3 rings (SSSR count). The molecule has 2 N–H and O–H groups in total. The van der Waals surface area contributed by atoms with Crippen LogP contribution in [0, 0.1) is 13.0 Å². The summed E-state index contributed by atoms with van der Waals surface area (Å²) in [5.74, 6) is 0.555. The monoisotopic (exact) mass is 355 g/mol. The average Bonchev–Trinajstić information content (AvgIpc) is 3.06. The summed E-state index contributed by atoms with van der Waals surface area (Å²) in [6.45, 7) is 1.95. The maximum Gasteiger partial charge on any atom is 0.258 e. The van der Waals surface area contributed by atoms with E-state index in [1.807, 2.05) is 25.3 Å². The van der Waals surface area contributed by atoms with Crippen LogP contribution in [0.25, 0.3) is 11.1 Å². The van der Waals surface area contributed by atoms with Crippen LogP contribution in [0.1, 0.15) is 31.4 Å². The minimum Gasteiger partial charge on any atom is -0.484 e. The first kappa shape index (κ1) is 18.5. The summed E-state index contributed by atoms with van der Waals surface area (Å²) < 4.78 is 5.70. The van der Waals surface area contributed by atoms with Gasteiger partial charge in [0.2, 0.25) is 0 Å². The molecule has 0 bridgehead atoms. The third kappa shape index (κ3) is 4.43. The van der Waals surface area contributed by atoms with Crippen LogP contribution in [0.5, 0.6) is 5.75 Å². The molecule has 1 radical (unpaired) electrons. The fraction of sp³-hybridized carbons (Fsp3) is 0.500. The van der Waals surface area contributed by atoms with Crippen molar-refractivity contribution in [2.24, 2.45) is 0 Å². The zero-order valence-electron chi connectivity index (χ0n) is 15.7. The number of aryl methyl sites for hydroxylation is 1. The number of carbonyl (C=O) groups is 1. The van der Waals surface area contributed by atoms with Gasteiger partial charge in [-0.1, -0.05) is 12.8 Å². The zero-order valence-corrected chi connectivity index (χ0v) is 15.7. The zero-order chi connectivity index (χ0) is 18.5. The summed E-state index contributed by atoms with van der Waals surface area (Å²) in [6.07, 6.45) is 6.38. The van der Waals surface area contributed by atoms with Crippen molar-refractivity contribution in [3.05, 3.63) is 36.2 Å². The van der Waals surface area contributed by atoms with E-state index in [0.717, 1.165) is 36.1 Å². The van der Waals surface area contributed by atoms with Gasteiger partial charge in [0.05, 0.1) is 5.69 Å². The highest BCUT2D eigenvalue weighted by Gasteiger charge is 2.27. The van der Waals surface area contributed by atoms with Crippen molar-refractivity contribution in [2.45, 2.75) is 44.7 Å². The second kappa shape index (κ2) is 8.36. The first-order valence-electron chi connectivity index (χ1n) is 9.15. The lowest BCUT2D eigenvalue weighted by Gasteiger charge is -2.36. The van der Waals surface area contributed by atoms with E-state index in [1.165, 1.54) is 6.42 Å². The van der Waals surface area contributed by atoms with Gasteiger partial charge in [-0.15, -0.1) is 0 Å². The normalized spacial score (nSPS) is 20.2. The van der Waals surface area contributed by atoms with E-state index in [2.05, 4.69) is 40.6 Å². The van der Waals surface area contributed by atoms with Gasteiger partial charge in [0, 0.05) is 23.8 Å². The van der Waals surface area contributed by atoms with Crippen molar-refractivity contribution in [3.63, 3.8) is 0 Å². The van der Waals surface area contributed by atoms with E-state index < -0.39 is 0 Å². The average molecular weight is 355 g/mol. The van der Waals surface area contributed by atoms with Crippen molar-refractivity contribution in [1.82, 2.24) is 20.4 Å². The van der Waals surface area contributed by atoms with Crippen molar-refractivity contribution >= 4 is 5.91 Å². The lowest BCUT2D eigenvalue weighted by Crippen LogP contribution is -2.52. The van der Waals surface area contributed by atoms with Gasteiger partial charge in [-0.05, 0) is 63.7 Å². The SMILES string of the molecule is Cc1n[nH]cc1-c1c[c]cc(OCC(=O)N[C@@H]2CCCC[C@H]2N(C)C)c1. The number of amides is 1. The highest BCUT2D eigenvalue weighted by atomic mass is 16.5. The predicted molar refractivity (Wildman–Crippen MR) is 101 cm³/mol. The Morgan fingerprint density at radius 1 is 1.38 bits per heavy atom. The molecule has 1 aliphatic carbocycles. The van der Waals surface area contributed by atoms with Crippen LogP contribution in [0.4, 0.5) is 0 Å². The molecule has 1 aromatic heterocycles. The number of ether oxygens (including phenoxy) is 1. The summed E-state index contributed by atoms with van der Waals surface area (Å²) >= 11 is 0. The lowest BCUT2D eigenvalue weighted by atomic mass is 9.89. The molecular weight excluding hydrogens is 328 g/mol. The number of benzene rings is 1. The van der Waals surface area contributed by atoms with Crippen LogP contribution in [-0.2, 0) is 4.79 Å². The van der Waals surface area contributed by atoms with Crippen molar-refractivity contribution in [2.75, 3.05) is 20.7 Å². The number of rotatable bonds is 6. The minimum atomic E-state index is -0.0753. The van der Waals surface area contributed by atoms with Gasteiger partial charge in [-0.25, -0.2) is 0 Å². The Morgan fingerprint density at radius 3 is 2.92 bits per heavy atom. The number of nitrogens with zero attached hydrogens (tertiary/aromatic N) is 2. The number of nitrogens with one attached hydrogen (secondary N) is 2. The van der Waals surface area contributed by atoms with E-state index >= 15 is 0 Å². The molecule has 1 aliphatic rings. The number of H-pyrrole nitrogens is 1. The molecule has 1 heterocycles. The Labute approximate surface area is 154 Å². The second-order valence-electron chi connectivity index (χ2n) is 7.12. The Kier molecular flexibility index (Phi) is 5.93. The van der Waals surface area contributed by atoms with Gasteiger partial charge in [0.15, 0.2) is 6.61 Å². The molecule has 0 unspecified atom stereocenters. The Hall–Kier alpha value is -2.34. The van der Waals surface area contributed by atoms with Gasteiger partial charge in [0.1, 0.15) is 5.75 Å². The fourth-order valence-electron chi connectivity index (χ4n) is 3.63. The number of aromatic amines is 1. The molecule has 6 nitrogen and oxygen atoms in total. The molecule has 0 saturated heterocycles. The summed E-state index contributed by atoms with van der Waals surface area (Å²) in [5, 5.41) is 10.1. The summed E-state index contributed by atoms with van der Waals surface area (Å²) in [6, 6.07) is 9.20. The number of hydrogen-bond donors (Lipinski definition) is 2. The number of carbonyl (C=O) groups excluding carboxylic acids is 1. The smallest absolute Gasteiger partial charge is 0.258 e. The molecule has 2 atom stereocenters. The number of aromatic nitrogens is 2. The standard InChI is InChI=1S/C20H27N4O2/c1-14-17(12-21-23-14)15-7-6-8-16(11-15)26-13-20(25)22-18-9-4-5-10-19(18)24(2)3/h7-8,11-12,18-19H,4-5,9-10,13H2,1-3H3,(H,21,23)(H,22,25)/t18-,19-/m1/s1. The lowest BCUT2D eigenvalue weighted by molar-refractivity contribution is -0.124. The van der Waals surface area contributed by atoms with Crippen LogP contribution in [0.15, 0.2) is 24.4 Å². The third-order valence-corrected chi connectivity index (χ3v) is 5.01. The topological polar surface area (TPSA) is 70.2 Å². The maximum absolute atomic E-state index is 12.3. The summed E-state index contributed by atoms with van der Waals surface area (Å²) in [5.41, 5.74) is 2.89. The van der Waals surface area contributed by atoms with Crippen LogP contribution in [0.3, 0.4) is 0 Å². The molecule has 1 amide bonds. The molecule has 1 aromatic carbocycles. The van der Waals surface area contributed by atoms with E-state index in [1.54, 1.807) is 6.07 Å². The predicted octanol–water partition coefficient (Wildman–Crippen LogP) is 2.55. The second-order valence-corrected chi connectivity index (χ2v) is 7.12. The molecule has 2 aromatic rings. The van der Waals surface area contributed by atoms with Crippen LogP contribution < -0.4 is 10.1 Å². The van der Waals surface area contributed by atoms with Crippen LogP contribution >= 0.6 is 0 Å². The molecule has 0 aliphatic heterocycles. The van der Waals surface area contributed by atoms with Gasteiger partial charge in [-0.2, -0.15) is 5.10 Å². The summed E-state index contributed by atoms with van der Waals surface area (Å²) in [4.78, 5) is 14.5. The molecular formula is C20H27N4O2. The summed E-state index contributed by atoms with van der Waals surface area (Å²) in [7, 11) is 4.15. The van der Waals surface area contributed by atoms with Crippen molar-refractivity contribution < 1.29 is 9.53 Å². The number of likely N-dealkylation sites (N-methyl/N-ethyl adjacent to an activating group) is 1. The van der Waals surface area contributed by atoms with Crippen LogP contribution in [-0.4, -0.2) is 53.8 Å². The van der Waals surface area contributed by atoms with E-state index in [4.69, 9.17) is 4.74 Å². The Bertz CT molecular complexity index is 741. The fourth-order valence-corrected chi connectivity index (χ4v) is 3.63. The number of hydrogen-bond acceptors (Lipinski definition) is 4. The van der Waals surface area contributed by atoms with E-state index in [0.29, 0.717) is 11.8 Å². The molecule has 1 saturated carbocycles. The third-order valence-electron chi connectivity index (χ3n) is 5.01. The molecule has 6 heteroatoms. The minimum absolute atomic E-state index is 0.0122. The van der Waals surface area contributed by atoms with E-state index in [9.17, 15) is 4.79 Å². The first-order chi connectivity index (χ1) is 12.5. The largest absolute Gasteiger partial charge is 0.484 e. The molecule has 26 heavy (non-hydrogen) atoms. The molecule has 0 spiro atoms. The van der Waals surface area contributed by atoms with Gasteiger partial charge in [0.25, 0.3) is 5.91 Å². The first-order valence-corrected chi connectivity index (χ1v) is 9.15. The van der Waals surface area contributed by atoms with Gasteiger partial charge >= 0.3 is 0 Å². The van der Waals surface area contributed by atoms with Crippen molar-refractivity contribution in [3.8, 4) is 16.9 Å². The van der Waals surface area contributed by atoms with Gasteiger partial charge in [-0.3, -0.25) is 9.89 Å². The van der Waals surface area contributed by atoms with Crippen molar-refractivity contribution in [1.29, 1.82) is 0 Å². The highest BCUT2D eigenvalue weighted by Crippen LogP contribution is 2.25. The Morgan fingerprint density at radius 2 is 2.19 bits per heavy atom. The molecule has 1 fully saturated rings. The quantitative estimate of drug-likeness (QED) is 0.835.